The Bertz CT molecular complexity index is 721. The van der Waals surface area contributed by atoms with E-state index in [0.717, 1.165) is 35.1 Å². The number of pyridine rings is 1. The first-order chi connectivity index (χ1) is 11.7. The second-order valence-corrected chi connectivity index (χ2v) is 7.64. The summed E-state index contributed by atoms with van der Waals surface area (Å²) < 4.78 is 33.6. The zero-order valence-electron chi connectivity index (χ0n) is 13.3. The second kappa shape index (κ2) is 6.71. The molecule has 1 aromatic carbocycles. The molecule has 0 spiro atoms. The Morgan fingerprint density at radius 3 is 2.50 bits per heavy atom. The molecule has 2 aromatic rings. The van der Waals surface area contributed by atoms with Crippen LogP contribution in [0.15, 0.2) is 35.4 Å². The molecule has 0 bridgehead atoms. The van der Waals surface area contributed by atoms with Gasteiger partial charge in [0.15, 0.2) is 17.4 Å². The number of benzene rings is 1. The van der Waals surface area contributed by atoms with E-state index in [1.807, 2.05) is 18.2 Å². The van der Waals surface area contributed by atoms with Crippen LogP contribution >= 0.6 is 11.8 Å². The van der Waals surface area contributed by atoms with Crippen molar-refractivity contribution >= 4 is 11.8 Å². The summed E-state index contributed by atoms with van der Waals surface area (Å²) >= 11 is 1.73. The van der Waals surface area contributed by atoms with Crippen molar-refractivity contribution < 1.29 is 13.5 Å². The minimum Gasteiger partial charge on any atom is -0.481 e. The summed E-state index contributed by atoms with van der Waals surface area (Å²) in [7, 11) is 0. The Balaban J connectivity index is 1.41. The molecule has 0 unspecified atom stereocenters. The molecule has 2 nitrogen and oxygen atoms in total. The molecule has 0 N–H and O–H groups in total. The summed E-state index contributed by atoms with van der Waals surface area (Å²) in [6, 6.07) is 8.47. The molecule has 0 radical (unpaired) electrons. The third kappa shape index (κ3) is 3.89. The van der Waals surface area contributed by atoms with Crippen molar-refractivity contribution in [3.8, 4) is 5.75 Å². The molecule has 2 aliphatic carbocycles. The van der Waals surface area contributed by atoms with Crippen molar-refractivity contribution in [3.05, 3.63) is 53.2 Å². The van der Waals surface area contributed by atoms with Crippen molar-refractivity contribution in [3.63, 3.8) is 0 Å². The van der Waals surface area contributed by atoms with Gasteiger partial charge in [-0.2, -0.15) is 0 Å². The Kier molecular flexibility index (Phi) is 4.44. The SMILES string of the molecule is Fc1cc(C2CC2)cc(F)c1OCc1cccc(SCC2CC2)n1. The lowest BCUT2D eigenvalue weighted by atomic mass is 10.1. The Morgan fingerprint density at radius 2 is 1.83 bits per heavy atom. The summed E-state index contributed by atoms with van der Waals surface area (Å²) in [4.78, 5) is 4.50. The van der Waals surface area contributed by atoms with E-state index in [1.165, 1.54) is 25.0 Å². The van der Waals surface area contributed by atoms with E-state index in [9.17, 15) is 8.78 Å². The number of ether oxygens (including phenoxy) is 1. The topological polar surface area (TPSA) is 22.1 Å². The molecule has 4 rings (SSSR count). The van der Waals surface area contributed by atoms with Gasteiger partial charge in [-0.15, -0.1) is 11.8 Å². The van der Waals surface area contributed by atoms with Crippen LogP contribution in [0.2, 0.25) is 0 Å². The van der Waals surface area contributed by atoms with Crippen LogP contribution in [0.3, 0.4) is 0 Å². The van der Waals surface area contributed by atoms with Crippen molar-refractivity contribution in [2.75, 3.05) is 5.75 Å². The molecule has 2 saturated carbocycles. The van der Waals surface area contributed by atoms with Crippen molar-refractivity contribution in [1.82, 2.24) is 4.98 Å². The van der Waals surface area contributed by atoms with Gasteiger partial charge in [0.05, 0.1) is 10.7 Å². The highest BCUT2D eigenvalue weighted by Crippen LogP contribution is 2.42. The predicted molar refractivity (Wildman–Crippen MR) is 90.4 cm³/mol. The number of aromatic nitrogens is 1. The third-order valence-electron chi connectivity index (χ3n) is 4.38. The van der Waals surface area contributed by atoms with Gasteiger partial charge < -0.3 is 4.74 Å². The molecule has 0 saturated heterocycles. The lowest BCUT2D eigenvalue weighted by Gasteiger charge is -2.10. The molecule has 24 heavy (non-hydrogen) atoms. The van der Waals surface area contributed by atoms with Gasteiger partial charge in [0.2, 0.25) is 0 Å². The average Bonchev–Trinajstić information content (AvgIpc) is 3.47. The molecule has 0 aliphatic heterocycles. The highest BCUT2D eigenvalue weighted by molar-refractivity contribution is 7.99. The summed E-state index contributed by atoms with van der Waals surface area (Å²) in [5.74, 6) is 0.655. The fraction of sp³-hybridized carbons (Fsp3) is 0.421. The van der Waals surface area contributed by atoms with Crippen LogP contribution in [0.1, 0.15) is 42.9 Å². The molecular formula is C19H19F2NOS. The summed E-state index contributed by atoms with van der Waals surface area (Å²) in [6.45, 7) is 0.0639. The van der Waals surface area contributed by atoms with E-state index in [-0.39, 0.29) is 12.4 Å². The summed E-state index contributed by atoms with van der Waals surface area (Å²) in [6.07, 6.45) is 4.64. The smallest absolute Gasteiger partial charge is 0.191 e. The van der Waals surface area contributed by atoms with Gasteiger partial charge in [-0.05, 0) is 67.3 Å². The first kappa shape index (κ1) is 15.9. The fourth-order valence-electron chi connectivity index (χ4n) is 2.62. The van der Waals surface area contributed by atoms with Gasteiger partial charge in [0.25, 0.3) is 0 Å². The first-order valence-electron chi connectivity index (χ1n) is 8.39. The van der Waals surface area contributed by atoms with Crippen molar-refractivity contribution in [2.24, 2.45) is 5.92 Å². The molecule has 2 aliphatic rings. The minimum atomic E-state index is -0.629. The Hall–Kier alpha value is -1.62. The summed E-state index contributed by atoms with van der Waals surface area (Å²) in [5, 5.41) is 0.938. The predicted octanol–water partition coefficient (Wildman–Crippen LogP) is 5.32. The van der Waals surface area contributed by atoms with E-state index >= 15 is 0 Å². The lowest BCUT2D eigenvalue weighted by molar-refractivity contribution is 0.269. The highest BCUT2D eigenvalue weighted by atomic mass is 32.2. The van der Waals surface area contributed by atoms with E-state index < -0.39 is 11.6 Å². The minimum absolute atomic E-state index is 0.0639. The number of hydrogen-bond acceptors (Lipinski definition) is 3. The van der Waals surface area contributed by atoms with Crippen LogP contribution in [0.5, 0.6) is 5.75 Å². The normalized spacial score (nSPS) is 17.1. The van der Waals surface area contributed by atoms with Crippen LogP contribution in [0.4, 0.5) is 8.78 Å². The molecule has 1 heterocycles. The summed E-state index contributed by atoms with van der Waals surface area (Å²) in [5.41, 5.74) is 1.41. The molecule has 0 atom stereocenters. The van der Waals surface area contributed by atoms with Crippen LogP contribution in [0.25, 0.3) is 0 Å². The van der Waals surface area contributed by atoms with Gasteiger partial charge in [0, 0.05) is 5.75 Å². The van der Waals surface area contributed by atoms with E-state index in [2.05, 4.69) is 4.98 Å². The standard InChI is InChI=1S/C19H19F2NOS/c20-16-8-14(13-6-7-13)9-17(21)19(16)23-10-15-2-1-3-18(22-15)24-11-12-4-5-12/h1-3,8-9,12-13H,4-7,10-11H2. The maximum atomic E-state index is 14.1. The average molecular weight is 347 g/mol. The Labute approximate surface area is 144 Å². The quantitative estimate of drug-likeness (QED) is 0.633. The van der Waals surface area contributed by atoms with E-state index in [0.29, 0.717) is 11.6 Å². The number of thioether (sulfide) groups is 1. The lowest BCUT2D eigenvalue weighted by Crippen LogP contribution is -2.03. The first-order valence-corrected chi connectivity index (χ1v) is 9.38. The molecule has 126 valence electrons. The zero-order valence-corrected chi connectivity index (χ0v) is 14.1. The highest BCUT2D eigenvalue weighted by Gasteiger charge is 2.26. The number of rotatable bonds is 7. The molecule has 2 fully saturated rings. The second-order valence-electron chi connectivity index (χ2n) is 6.60. The third-order valence-corrected chi connectivity index (χ3v) is 5.54. The Morgan fingerprint density at radius 1 is 1.08 bits per heavy atom. The monoisotopic (exact) mass is 347 g/mol. The van der Waals surface area contributed by atoms with Gasteiger partial charge in [-0.3, -0.25) is 0 Å². The molecule has 0 amide bonds. The van der Waals surface area contributed by atoms with Gasteiger partial charge in [-0.25, -0.2) is 13.8 Å². The van der Waals surface area contributed by atoms with Gasteiger partial charge in [0.1, 0.15) is 6.61 Å². The van der Waals surface area contributed by atoms with Crippen LogP contribution < -0.4 is 4.74 Å². The largest absolute Gasteiger partial charge is 0.481 e. The molecule has 1 aromatic heterocycles. The maximum absolute atomic E-state index is 14.1. The van der Waals surface area contributed by atoms with E-state index in [1.54, 1.807) is 11.8 Å². The van der Waals surface area contributed by atoms with E-state index in [4.69, 9.17) is 4.74 Å². The van der Waals surface area contributed by atoms with Crippen molar-refractivity contribution in [1.29, 1.82) is 0 Å². The van der Waals surface area contributed by atoms with Crippen LogP contribution in [-0.2, 0) is 6.61 Å². The fourth-order valence-corrected chi connectivity index (χ4v) is 3.72. The van der Waals surface area contributed by atoms with Crippen LogP contribution in [0, 0.1) is 17.6 Å². The number of hydrogen-bond donors (Lipinski definition) is 0. The molecular weight excluding hydrogens is 328 g/mol. The molecule has 5 heteroatoms. The number of nitrogens with zero attached hydrogens (tertiary/aromatic N) is 1. The van der Waals surface area contributed by atoms with Crippen LogP contribution in [-0.4, -0.2) is 10.7 Å². The number of halogens is 2. The maximum Gasteiger partial charge on any atom is 0.191 e. The zero-order chi connectivity index (χ0) is 16.5. The van der Waals surface area contributed by atoms with Gasteiger partial charge >= 0.3 is 0 Å². The van der Waals surface area contributed by atoms with Crippen molar-refractivity contribution in [2.45, 2.75) is 43.2 Å². The van der Waals surface area contributed by atoms with Gasteiger partial charge in [-0.1, -0.05) is 6.07 Å².